The third-order valence-corrected chi connectivity index (χ3v) is 1.52. The van der Waals surface area contributed by atoms with E-state index in [1.54, 1.807) is 14.1 Å². The second-order valence-corrected chi connectivity index (χ2v) is 3.15. The Labute approximate surface area is 91.4 Å². The van der Waals surface area contributed by atoms with Gasteiger partial charge in [-0.3, -0.25) is 9.59 Å². The van der Waals surface area contributed by atoms with E-state index < -0.39 is 0 Å². The van der Waals surface area contributed by atoms with E-state index in [0.29, 0.717) is 5.57 Å². The summed E-state index contributed by atoms with van der Waals surface area (Å²) >= 11 is 0. The highest BCUT2D eigenvalue weighted by Crippen LogP contribution is 1.98. The van der Waals surface area contributed by atoms with Crippen molar-refractivity contribution in [1.29, 1.82) is 0 Å². The number of nitrogens with zero attached hydrogens (tertiary/aromatic N) is 1. The molecule has 0 fully saturated rings. The van der Waals surface area contributed by atoms with Crippen LogP contribution in [0.3, 0.4) is 0 Å². The Bertz CT molecular complexity index is 245. The molecule has 0 aromatic rings. The lowest BCUT2D eigenvalue weighted by Gasteiger charge is -2.03. The summed E-state index contributed by atoms with van der Waals surface area (Å²) in [4.78, 5) is 22.0. The molecule has 0 bridgehead atoms. The van der Waals surface area contributed by atoms with Crippen LogP contribution in [0.2, 0.25) is 0 Å². The molecule has 0 unspecified atom stereocenters. The zero-order valence-electron chi connectivity index (χ0n) is 9.75. The van der Waals surface area contributed by atoms with E-state index in [0.717, 1.165) is 12.8 Å². The van der Waals surface area contributed by atoms with Crippen molar-refractivity contribution in [3.63, 3.8) is 0 Å². The molecule has 0 radical (unpaired) electrons. The quantitative estimate of drug-likeness (QED) is 0.709. The van der Waals surface area contributed by atoms with Crippen LogP contribution in [0.1, 0.15) is 19.8 Å². The van der Waals surface area contributed by atoms with E-state index in [1.807, 2.05) is 6.92 Å². The van der Waals surface area contributed by atoms with Crippen LogP contribution in [0.25, 0.3) is 0 Å². The number of hydrogen-bond donors (Lipinski definition) is 1. The van der Waals surface area contributed by atoms with Gasteiger partial charge in [0.1, 0.15) is 0 Å². The average Bonchev–Trinajstić information content (AvgIpc) is 2.17. The fourth-order valence-electron chi connectivity index (χ4n) is 0.608. The molecule has 0 atom stereocenters. The van der Waals surface area contributed by atoms with E-state index in [1.165, 1.54) is 11.0 Å². The van der Waals surface area contributed by atoms with Crippen LogP contribution < -0.4 is 5.73 Å². The normalized spacial score (nSPS) is 8.20. The minimum Gasteiger partial charge on any atom is -0.366 e. The number of nitrogens with two attached hydrogens (primary N) is 1. The molecular weight excluding hydrogens is 192 g/mol. The second kappa shape index (κ2) is 8.99. The summed E-state index contributed by atoms with van der Waals surface area (Å²) in [6.45, 7) is 8.74. The second-order valence-electron chi connectivity index (χ2n) is 3.15. The molecule has 15 heavy (non-hydrogen) atoms. The SMILES string of the molecule is C=C(CCC)C(N)=O.C=CC(=O)N(C)C. The Morgan fingerprint density at radius 2 is 1.87 bits per heavy atom. The summed E-state index contributed by atoms with van der Waals surface area (Å²) in [5, 5.41) is 0. The molecule has 0 aromatic heterocycles. The van der Waals surface area contributed by atoms with Crippen molar-refractivity contribution in [2.24, 2.45) is 5.73 Å². The Balaban J connectivity index is 0. The lowest BCUT2D eigenvalue weighted by molar-refractivity contribution is -0.123. The van der Waals surface area contributed by atoms with E-state index in [2.05, 4.69) is 13.2 Å². The number of likely N-dealkylation sites (N-methyl/N-ethyl adjacent to an activating group) is 1. The van der Waals surface area contributed by atoms with Gasteiger partial charge in [0.25, 0.3) is 0 Å². The third kappa shape index (κ3) is 10.3. The van der Waals surface area contributed by atoms with Gasteiger partial charge in [-0.25, -0.2) is 0 Å². The van der Waals surface area contributed by atoms with Gasteiger partial charge in [-0.15, -0.1) is 0 Å². The number of hydrogen-bond acceptors (Lipinski definition) is 2. The van der Waals surface area contributed by atoms with E-state index in [-0.39, 0.29) is 11.8 Å². The van der Waals surface area contributed by atoms with Crippen LogP contribution >= 0.6 is 0 Å². The zero-order valence-corrected chi connectivity index (χ0v) is 9.75. The van der Waals surface area contributed by atoms with Gasteiger partial charge in [-0.05, 0) is 12.5 Å². The first-order valence-corrected chi connectivity index (χ1v) is 4.68. The van der Waals surface area contributed by atoms with Crippen molar-refractivity contribution in [3.05, 3.63) is 24.8 Å². The van der Waals surface area contributed by atoms with Crippen LogP contribution in [0.4, 0.5) is 0 Å². The van der Waals surface area contributed by atoms with Crippen molar-refractivity contribution >= 4 is 11.8 Å². The maximum Gasteiger partial charge on any atom is 0.245 e. The molecule has 2 N–H and O–H groups in total. The fourth-order valence-corrected chi connectivity index (χ4v) is 0.608. The molecule has 0 spiro atoms. The van der Waals surface area contributed by atoms with Crippen molar-refractivity contribution in [2.75, 3.05) is 14.1 Å². The van der Waals surface area contributed by atoms with Crippen molar-refractivity contribution in [3.8, 4) is 0 Å². The zero-order chi connectivity index (χ0) is 12.4. The molecule has 0 saturated carbocycles. The maximum atomic E-state index is 10.3. The Morgan fingerprint density at radius 1 is 1.40 bits per heavy atom. The molecule has 2 amide bonds. The topological polar surface area (TPSA) is 63.4 Å². The van der Waals surface area contributed by atoms with Crippen LogP contribution in [-0.2, 0) is 9.59 Å². The van der Waals surface area contributed by atoms with Gasteiger partial charge in [0.05, 0.1) is 0 Å². The highest BCUT2D eigenvalue weighted by Gasteiger charge is 1.96. The summed E-state index contributed by atoms with van der Waals surface area (Å²) in [7, 11) is 3.37. The third-order valence-electron chi connectivity index (χ3n) is 1.52. The molecule has 0 aliphatic rings. The Hall–Kier alpha value is -1.58. The van der Waals surface area contributed by atoms with Gasteiger partial charge in [-0.1, -0.05) is 26.5 Å². The van der Waals surface area contributed by atoms with E-state index in [9.17, 15) is 9.59 Å². The first-order valence-electron chi connectivity index (χ1n) is 4.68. The van der Waals surface area contributed by atoms with Crippen molar-refractivity contribution in [1.82, 2.24) is 4.90 Å². The number of carbonyl (C=O) groups excluding carboxylic acids is 2. The smallest absolute Gasteiger partial charge is 0.245 e. The number of carbonyl (C=O) groups is 2. The largest absolute Gasteiger partial charge is 0.366 e. The van der Waals surface area contributed by atoms with Crippen LogP contribution in [0.5, 0.6) is 0 Å². The highest BCUT2D eigenvalue weighted by atomic mass is 16.2. The fraction of sp³-hybridized carbons (Fsp3) is 0.455. The van der Waals surface area contributed by atoms with Crippen molar-refractivity contribution < 1.29 is 9.59 Å². The molecule has 0 heterocycles. The molecule has 4 nitrogen and oxygen atoms in total. The summed E-state index contributed by atoms with van der Waals surface area (Å²) < 4.78 is 0. The Kier molecular flexibility index (Phi) is 9.52. The number of primary amides is 1. The number of rotatable bonds is 4. The lowest BCUT2D eigenvalue weighted by atomic mass is 10.2. The van der Waals surface area contributed by atoms with Gasteiger partial charge < -0.3 is 10.6 Å². The number of amides is 2. The first kappa shape index (κ1) is 15.9. The summed E-state index contributed by atoms with van der Waals surface area (Å²) in [6.07, 6.45) is 2.93. The summed E-state index contributed by atoms with van der Waals surface area (Å²) in [5.41, 5.74) is 5.40. The lowest BCUT2D eigenvalue weighted by Crippen LogP contribution is -2.18. The van der Waals surface area contributed by atoms with Crippen molar-refractivity contribution in [2.45, 2.75) is 19.8 Å². The monoisotopic (exact) mass is 212 g/mol. The van der Waals surface area contributed by atoms with Gasteiger partial charge in [0, 0.05) is 19.7 Å². The minimum atomic E-state index is -0.383. The predicted molar refractivity (Wildman–Crippen MR) is 62.1 cm³/mol. The van der Waals surface area contributed by atoms with Gasteiger partial charge >= 0.3 is 0 Å². The molecule has 0 aliphatic carbocycles. The minimum absolute atomic E-state index is 0.0556. The van der Waals surface area contributed by atoms with E-state index in [4.69, 9.17) is 5.73 Å². The molecule has 0 aliphatic heterocycles. The maximum absolute atomic E-state index is 10.3. The van der Waals surface area contributed by atoms with Gasteiger partial charge in [-0.2, -0.15) is 0 Å². The van der Waals surface area contributed by atoms with Crippen LogP contribution in [0.15, 0.2) is 24.8 Å². The molecule has 0 aromatic carbocycles. The summed E-state index contributed by atoms with van der Waals surface area (Å²) in [6, 6.07) is 0. The molecule has 0 rings (SSSR count). The van der Waals surface area contributed by atoms with Gasteiger partial charge in [0.2, 0.25) is 11.8 Å². The standard InChI is InChI=1S/C6H11NO.C5H9NO/c1-3-4-5(2)6(7)8;1-4-5(7)6(2)3/h2-4H2,1H3,(H2,7,8);4H,1H2,2-3H3. The molecule has 0 saturated heterocycles. The van der Waals surface area contributed by atoms with Crippen LogP contribution in [0, 0.1) is 0 Å². The first-order chi connectivity index (χ1) is 6.86. The van der Waals surface area contributed by atoms with E-state index >= 15 is 0 Å². The molecule has 4 heteroatoms. The highest BCUT2D eigenvalue weighted by molar-refractivity contribution is 5.91. The van der Waals surface area contributed by atoms with Crippen LogP contribution in [-0.4, -0.2) is 30.8 Å². The average molecular weight is 212 g/mol. The molecular formula is C11H20N2O2. The Morgan fingerprint density at radius 3 is 1.93 bits per heavy atom. The predicted octanol–water partition coefficient (Wildman–Crippen LogP) is 1.09. The summed E-state index contributed by atoms with van der Waals surface area (Å²) in [5.74, 6) is -0.438. The molecule has 86 valence electrons. The van der Waals surface area contributed by atoms with Gasteiger partial charge in [0.15, 0.2) is 0 Å².